The predicted octanol–water partition coefficient (Wildman–Crippen LogP) is 4.58. The smallest absolute Gasteiger partial charge is 0.351 e. The topological polar surface area (TPSA) is 86.1 Å². The Balaban J connectivity index is 1.48. The highest BCUT2D eigenvalue weighted by Crippen LogP contribution is 2.31. The first-order chi connectivity index (χ1) is 17.2. The number of pyridine rings is 1. The second kappa shape index (κ2) is 10.6. The second-order valence-corrected chi connectivity index (χ2v) is 9.57. The number of halogens is 4. The molecule has 1 N–H and O–H groups in total. The molecular weight excluding hydrogens is 496 g/mol. The first-order valence-corrected chi connectivity index (χ1v) is 12.1. The molecule has 1 aliphatic rings. The van der Waals surface area contributed by atoms with E-state index in [1.165, 1.54) is 42.6 Å². The van der Waals surface area contributed by atoms with E-state index >= 15 is 0 Å². The zero-order valence-corrected chi connectivity index (χ0v) is 19.6. The third-order valence-corrected chi connectivity index (χ3v) is 7.34. The lowest BCUT2D eigenvalue weighted by Crippen LogP contribution is -2.43. The Morgan fingerprint density at radius 3 is 2.50 bits per heavy atom. The summed E-state index contributed by atoms with van der Waals surface area (Å²) >= 11 is 0. The monoisotopic (exact) mass is 516 g/mol. The van der Waals surface area contributed by atoms with E-state index in [0.717, 1.165) is 12.1 Å². The van der Waals surface area contributed by atoms with Crippen molar-refractivity contribution in [2.75, 3.05) is 6.54 Å². The molecule has 1 aliphatic heterocycles. The van der Waals surface area contributed by atoms with Crippen LogP contribution in [0.1, 0.15) is 29.5 Å². The number of hydrogen-bond donors (Lipinski definition) is 1. The van der Waals surface area contributed by atoms with E-state index in [4.69, 9.17) is 0 Å². The van der Waals surface area contributed by atoms with Crippen molar-refractivity contribution in [3.05, 3.63) is 83.3 Å². The average molecular weight is 517 g/mol. The highest BCUT2D eigenvalue weighted by Gasteiger charge is 2.35. The maximum absolute atomic E-state index is 13.2. The second-order valence-electron chi connectivity index (χ2n) is 8.13. The van der Waals surface area contributed by atoms with Gasteiger partial charge in [-0.25, -0.2) is 12.9 Å². The molecule has 1 fully saturated rings. The molecule has 2 aromatic carbocycles. The number of amides is 1. The summed E-state index contributed by atoms with van der Waals surface area (Å²) in [6, 6.07) is 12.6. The van der Waals surface area contributed by atoms with E-state index in [9.17, 15) is 31.8 Å². The van der Waals surface area contributed by atoms with Gasteiger partial charge in [-0.2, -0.15) is 18.4 Å². The Kier molecular flexibility index (Phi) is 7.47. The van der Waals surface area contributed by atoms with Gasteiger partial charge in [-0.3, -0.25) is 9.78 Å². The predicted molar refractivity (Wildman–Crippen MR) is 124 cm³/mol. The lowest BCUT2D eigenvalue weighted by Gasteiger charge is -2.22. The number of nitrogens with one attached hydrogen (secondary N) is 1. The van der Waals surface area contributed by atoms with Crippen LogP contribution in [0.15, 0.2) is 65.7 Å². The molecule has 1 saturated heterocycles. The number of alkyl halides is 3. The van der Waals surface area contributed by atoms with Crippen LogP contribution in [0.25, 0.3) is 11.3 Å². The van der Waals surface area contributed by atoms with Gasteiger partial charge in [0.15, 0.2) is 0 Å². The van der Waals surface area contributed by atoms with E-state index < -0.39 is 34.6 Å². The molecule has 2 atom stereocenters. The van der Waals surface area contributed by atoms with E-state index in [-0.39, 0.29) is 18.0 Å². The summed E-state index contributed by atoms with van der Waals surface area (Å²) in [4.78, 5) is 17.5. The van der Waals surface area contributed by atoms with Gasteiger partial charge in [-0.1, -0.05) is 12.1 Å². The van der Waals surface area contributed by atoms with E-state index in [1.807, 2.05) is 6.07 Å². The SMILES string of the molecule is N#Cc1cnc(-c2ccc(C(F)(F)F)cc2)cc1CNC(=O)[C@@H]1CCCN1S(=O)c1ccc(F)cc1. The van der Waals surface area contributed by atoms with Crippen LogP contribution in [-0.2, 0) is 28.5 Å². The largest absolute Gasteiger partial charge is 0.416 e. The number of carbonyl (C=O) groups excluding carboxylic acids is 1. The van der Waals surface area contributed by atoms with Crippen LogP contribution < -0.4 is 5.32 Å². The molecule has 36 heavy (non-hydrogen) atoms. The minimum Gasteiger partial charge on any atom is -0.351 e. The molecule has 6 nitrogen and oxygen atoms in total. The number of rotatable bonds is 6. The molecule has 0 bridgehead atoms. The fourth-order valence-corrected chi connectivity index (χ4v) is 5.29. The molecule has 4 rings (SSSR count). The van der Waals surface area contributed by atoms with Crippen LogP contribution in [0.5, 0.6) is 0 Å². The Morgan fingerprint density at radius 2 is 1.86 bits per heavy atom. The van der Waals surface area contributed by atoms with Crippen molar-refractivity contribution in [3.63, 3.8) is 0 Å². The quantitative estimate of drug-likeness (QED) is 0.486. The Hall–Kier alpha value is -3.62. The van der Waals surface area contributed by atoms with Gasteiger partial charge < -0.3 is 5.32 Å². The number of benzene rings is 2. The van der Waals surface area contributed by atoms with Crippen molar-refractivity contribution < 1.29 is 26.6 Å². The minimum absolute atomic E-state index is 0.0224. The minimum atomic E-state index is -4.46. The standard InChI is InChI=1S/C25H20F4N4O2S/c26-20-7-9-21(10-8-20)36(35)33-11-1-2-23(33)24(34)32-14-17-12-22(31-15-18(17)13-30)16-3-5-19(6-4-16)25(27,28)29/h3-10,12,15,23H,1-2,11,14H2,(H,32,34)/t23-,36?/m0/s1. The van der Waals surface area contributed by atoms with Gasteiger partial charge in [0, 0.05) is 24.8 Å². The summed E-state index contributed by atoms with van der Waals surface area (Å²) < 4.78 is 66.3. The Morgan fingerprint density at radius 1 is 1.17 bits per heavy atom. The third kappa shape index (κ3) is 5.61. The van der Waals surface area contributed by atoms with Gasteiger partial charge in [0.1, 0.15) is 28.9 Å². The number of nitrogens with zero attached hydrogens (tertiary/aromatic N) is 3. The molecule has 11 heteroatoms. The fraction of sp³-hybridized carbons (Fsp3) is 0.240. The molecule has 0 saturated carbocycles. The first kappa shape index (κ1) is 25.5. The number of nitriles is 1. The molecule has 0 spiro atoms. The Labute approximate surface area is 207 Å². The van der Waals surface area contributed by atoms with E-state index in [0.29, 0.717) is 41.1 Å². The summed E-state index contributed by atoms with van der Waals surface area (Å²) in [5.74, 6) is -0.826. The molecule has 0 aliphatic carbocycles. The van der Waals surface area contributed by atoms with Crippen molar-refractivity contribution in [1.29, 1.82) is 5.26 Å². The highest BCUT2D eigenvalue weighted by atomic mass is 32.2. The van der Waals surface area contributed by atoms with Crippen LogP contribution in [-0.4, -0.2) is 32.0 Å². The normalized spacial score (nSPS) is 16.9. The maximum atomic E-state index is 13.2. The van der Waals surface area contributed by atoms with Crippen LogP contribution in [0, 0.1) is 17.1 Å². The Bertz CT molecular complexity index is 1320. The van der Waals surface area contributed by atoms with Crippen LogP contribution in [0.3, 0.4) is 0 Å². The van der Waals surface area contributed by atoms with Gasteiger partial charge in [-0.15, -0.1) is 0 Å². The third-order valence-electron chi connectivity index (χ3n) is 5.81. The van der Waals surface area contributed by atoms with Crippen molar-refractivity contribution in [2.24, 2.45) is 0 Å². The summed E-state index contributed by atoms with van der Waals surface area (Å²) in [6.07, 6.45) is -2.01. The van der Waals surface area contributed by atoms with Crippen LogP contribution >= 0.6 is 0 Å². The number of hydrogen-bond acceptors (Lipinski definition) is 4. The summed E-state index contributed by atoms with van der Waals surface area (Å²) in [6.45, 7) is 0.407. The molecule has 0 radical (unpaired) electrons. The summed E-state index contributed by atoms with van der Waals surface area (Å²) in [7, 11) is -1.65. The molecule has 186 valence electrons. The first-order valence-electron chi connectivity index (χ1n) is 11.0. The zero-order chi connectivity index (χ0) is 25.9. The van der Waals surface area contributed by atoms with Gasteiger partial charge in [0.2, 0.25) is 5.91 Å². The van der Waals surface area contributed by atoms with Gasteiger partial charge >= 0.3 is 6.18 Å². The lowest BCUT2D eigenvalue weighted by atomic mass is 10.0. The molecule has 2 heterocycles. The molecular formula is C25H20F4N4O2S. The van der Waals surface area contributed by atoms with Gasteiger partial charge in [0.25, 0.3) is 0 Å². The van der Waals surface area contributed by atoms with Crippen molar-refractivity contribution in [3.8, 4) is 17.3 Å². The van der Waals surface area contributed by atoms with E-state index in [1.54, 1.807) is 10.4 Å². The summed E-state index contributed by atoms with van der Waals surface area (Å²) in [5, 5.41) is 12.2. The van der Waals surface area contributed by atoms with Crippen LogP contribution in [0.2, 0.25) is 0 Å². The molecule has 1 unspecified atom stereocenters. The number of carbonyl (C=O) groups is 1. The van der Waals surface area contributed by atoms with Crippen molar-refractivity contribution in [2.45, 2.75) is 36.5 Å². The van der Waals surface area contributed by atoms with Crippen molar-refractivity contribution in [1.82, 2.24) is 14.6 Å². The van der Waals surface area contributed by atoms with Crippen LogP contribution in [0.4, 0.5) is 17.6 Å². The molecule has 1 aromatic heterocycles. The average Bonchev–Trinajstić information content (AvgIpc) is 3.37. The fourth-order valence-electron chi connectivity index (χ4n) is 3.92. The summed E-state index contributed by atoms with van der Waals surface area (Å²) in [5.41, 5.74) is 0.652. The van der Waals surface area contributed by atoms with Gasteiger partial charge in [0.05, 0.1) is 21.7 Å². The van der Waals surface area contributed by atoms with E-state index in [2.05, 4.69) is 10.3 Å². The zero-order valence-electron chi connectivity index (χ0n) is 18.8. The maximum Gasteiger partial charge on any atom is 0.416 e. The highest BCUT2D eigenvalue weighted by molar-refractivity contribution is 7.82. The van der Waals surface area contributed by atoms with Crippen molar-refractivity contribution >= 4 is 16.9 Å². The molecule has 1 amide bonds. The lowest BCUT2D eigenvalue weighted by molar-refractivity contribution is -0.137. The van der Waals surface area contributed by atoms with Gasteiger partial charge in [-0.05, 0) is 60.9 Å². The molecule has 3 aromatic rings. The number of aromatic nitrogens is 1.